The fourth-order valence-corrected chi connectivity index (χ4v) is 2.99. The molecule has 0 fully saturated rings. The number of hydrogen-bond donors (Lipinski definition) is 2. The van der Waals surface area contributed by atoms with Gasteiger partial charge in [-0.15, -0.1) is 0 Å². The first-order valence-corrected chi connectivity index (χ1v) is 10.6. The van der Waals surface area contributed by atoms with E-state index in [0.29, 0.717) is 27.9 Å². The highest BCUT2D eigenvalue weighted by Crippen LogP contribution is 2.25. The van der Waals surface area contributed by atoms with Crippen LogP contribution in [0.1, 0.15) is 33.1 Å². The van der Waals surface area contributed by atoms with Gasteiger partial charge in [0.25, 0.3) is 0 Å². The highest BCUT2D eigenvalue weighted by Gasteiger charge is 2.23. The van der Waals surface area contributed by atoms with Gasteiger partial charge in [-0.25, -0.2) is 4.79 Å². The largest absolute Gasteiger partial charge is 0.457 e. The molecule has 0 spiro atoms. The molecule has 2 aromatic carbocycles. The summed E-state index contributed by atoms with van der Waals surface area (Å²) in [6.07, 6.45) is -0.648. The maximum absolute atomic E-state index is 12.1. The molecular weight excluding hydrogens is 448 g/mol. The van der Waals surface area contributed by atoms with Gasteiger partial charge in [0.15, 0.2) is 0 Å². The zero-order valence-corrected chi connectivity index (χ0v) is 19.3. The average molecular weight is 473 g/mol. The molecule has 3 N–H and O–H groups in total. The monoisotopic (exact) mass is 472 g/mol. The van der Waals surface area contributed by atoms with Gasteiger partial charge in [-0.2, -0.15) is 4.98 Å². The Morgan fingerprint density at radius 2 is 1.70 bits per heavy atom. The van der Waals surface area contributed by atoms with Gasteiger partial charge in [0.1, 0.15) is 17.1 Å². The number of hydrogen-bond acceptors (Lipinski definition) is 7. The molecule has 33 heavy (non-hydrogen) atoms. The van der Waals surface area contributed by atoms with E-state index in [2.05, 4.69) is 15.5 Å². The Balaban J connectivity index is 1.65. The Morgan fingerprint density at radius 1 is 1.09 bits per heavy atom. The smallest absolute Gasteiger partial charge is 0.407 e. The number of nitrogens with one attached hydrogen (secondary N) is 1. The van der Waals surface area contributed by atoms with Crippen molar-refractivity contribution in [1.29, 1.82) is 0 Å². The number of nitrogens with zero attached hydrogens (tertiary/aromatic N) is 2. The van der Waals surface area contributed by atoms with Gasteiger partial charge in [-0.1, -0.05) is 16.8 Å². The van der Waals surface area contributed by atoms with Crippen molar-refractivity contribution >= 4 is 23.6 Å². The van der Waals surface area contributed by atoms with Crippen molar-refractivity contribution in [2.45, 2.75) is 45.3 Å². The molecule has 1 heterocycles. The molecule has 0 aliphatic carbocycles. The lowest BCUT2D eigenvalue weighted by atomic mass is 10.1. The molecule has 1 unspecified atom stereocenters. The number of nitrogens with two attached hydrogens (primary N) is 1. The van der Waals surface area contributed by atoms with Gasteiger partial charge in [-0.3, -0.25) is 4.79 Å². The van der Waals surface area contributed by atoms with Crippen LogP contribution in [-0.2, 0) is 16.0 Å². The van der Waals surface area contributed by atoms with Gasteiger partial charge < -0.3 is 25.0 Å². The number of carbonyl (C=O) groups is 2. The number of halogens is 1. The summed E-state index contributed by atoms with van der Waals surface area (Å²) in [7, 11) is 0. The SMILES string of the molecule is CC(C)(C)OC(=O)NC(CC(N)=O)Cc1nc(-c2ccc(Oc3ccc(Cl)cc3)cc2)no1. The lowest BCUT2D eigenvalue weighted by Gasteiger charge is -2.22. The number of amides is 2. The van der Waals surface area contributed by atoms with E-state index in [9.17, 15) is 9.59 Å². The van der Waals surface area contributed by atoms with E-state index in [4.69, 9.17) is 31.3 Å². The lowest BCUT2D eigenvalue weighted by Crippen LogP contribution is -2.42. The third kappa shape index (κ3) is 7.80. The Kier molecular flexibility index (Phi) is 7.55. The van der Waals surface area contributed by atoms with Crippen molar-refractivity contribution in [3.63, 3.8) is 0 Å². The van der Waals surface area contributed by atoms with Crippen LogP contribution in [0.5, 0.6) is 11.5 Å². The van der Waals surface area contributed by atoms with Crippen LogP contribution in [0.3, 0.4) is 0 Å². The third-order valence-electron chi connectivity index (χ3n) is 4.22. The average Bonchev–Trinajstić information content (AvgIpc) is 3.16. The third-order valence-corrected chi connectivity index (χ3v) is 4.47. The van der Waals surface area contributed by atoms with Gasteiger partial charge in [0.2, 0.25) is 17.6 Å². The molecule has 10 heteroatoms. The number of alkyl carbamates (subject to hydrolysis) is 1. The second-order valence-electron chi connectivity index (χ2n) is 8.31. The summed E-state index contributed by atoms with van der Waals surface area (Å²) in [6, 6.07) is 13.5. The van der Waals surface area contributed by atoms with E-state index >= 15 is 0 Å². The zero-order chi connectivity index (χ0) is 24.0. The van der Waals surface area contributed by atoms with Gasteiger partial charge >= 0.3 is 6.09 Å². The van der Waals surface area contributed by atoms with Crippen molar-refractivity contribution in [3.05, 3.63) is 59.4 Å². The van der Waals surface area contributed by atoms with E-state index in [1.165, 1.54) is 0 Å². The summed E-state index contributed by atoms with van der Waals surface area (Å²) in [5, 5.41) is 7.23. The Hall–Kier alpha value is -3.59. The minimum Gasteiger partial charge on any atom is -0.457 e. The van der Waals surface area contributed by atoms with Crippen LogP contribution < -0.4 is 15.8 Å². The fourth-order valence-electron chi connectivity index (χ4n) is 2.87. The highest BCUT2D eigenvalue weighted by molar-refractivity contribution is 6.30. The molecule has 2 amide bonds. The molecular formula is C23H25ClN4O5. The van der Waals surface area contributed by atoms with Crippen LogP contribution in [0.15, 0.2) is 53.1 Å². The van der Waals surface area contributed by atoms with E-state index in [0.717, 1.165) is 0 Å². The topological polar surface area (TPSA) is 130 Å². The van der Waals surface area contributed by atoms with Crippen LogP contribution in [-0.4, -0.2) is 33.8 Å². The fraction of sp³-hybridized carbons (Fsp3) is 0.304. The summed E-state index contributed by atoms with van der Waals surface area (Å²) in [5.74, 6) is 1.32. The Labute approximate surface area is 196 Å². The van der Waals surface area contributed by atoms with Crippen molar-refractivity contribution < 1.29 is 23.6 Å². The molecule has 0 saturated heterocycles. The molecule has 1 aromatic heterocycles. The Morgan fingerprint density at radius 3 is 2.27 bits per heavy atom. The maximum atomic E-state index is 12.1. The van der Waals surface area contributed by atoms with Gasteiger partial charge in [0.05, 0.1) is 0 Å². The summed E-state index contributed by atoms with van der Waals surface area (Å²) in [6.45, 7) is 5.23. The first-order valence-electron chi connectivity index (χ1n) is 10.2. The summed E-state index contributed by atoms with van der Waals surface area (Å²) in [4.78, 5) is 27.8. The van der Waals surface area contributed by atoms with Gasteiger partial charge in [0, 0.05) is 29.5 Å². The molecule has 1 atom stereocenters. The summed E-state index contributed by atoms with van der Waals surface area (Å²) < 4.78 is 16.3. The molecule has 0 aliphatic heterocycles. The lowest BCUT2D eigenvalue weighted by molar-refractivity contribution is -0.118. The van der Waals surface area contributed by atoms with E-state index < -0.39 is 23.6 Å². The van der Waals surface area contributed by atoms with E-state index in [1.54, 1.807) is 69.3 Å². The molecule has 3 aromatic rings. The minimum atomic E-state index is -0.678. The Bertz CT molecular complexity index is 1090. The summed E-state index contributed by atoms with van der Waals surface area (Å²) >= 11 is 5.88. The zero-order valence-electron chi connectivity index (χ0n) is 18.5. The first-order chi connectivity index (χ1) is 15.6. The molecule has 174 valence electrons. The van der Waals surface area contributed by atoms with Crippen LogP contribution in [0.4, 0.5) is 4.79 Å². The summed E-state index contributed by atoms with van der Waals surface area (Å²) in [5.41, 5.74) is 5.34. The maximum Gasteiger partial charge on any atom is 0.407 e. The van der Waals surface area contributed by atoms with E-state index in [1.807, 2.05) is 0 Å². The number of primary amides is 1. The predicted octanol–water partition coefficient (Wildman–Crippen LogP) is 4.49. The normalized spacial score (nSPS) is 12.1. The van der Waals surface area contributed by atoms with Crippen LogP contribution >= 0.6 is 11.6 Å². The van der Waals surface area contributed by atoms with Crippen molar-refractivity contribution in [3.8, 4) is 22.9 Å². The second-order valence-corrected chi connectivity index (χ2v) is 8.75. The molecule has 0 radical (unpaired) electrons. The second kappa shape index (κ2) is 10.4. The predicted molar refractivity (Wildman–Crippen MR) is 122 cm³/mol. The molecule has 0 aliphatic rings. The number of ether oxygens (including phenoxy) is 2. The molecule has 0 saturated carbocycles. The number of benzene rings is 2. The minimum absolute atomic E-state index is 0.103. The molecule has 0 bridgehead atoms. The van der Waals surface area contributed by atoms with Gasteiger partial charge in [-0.05, 0) is 69.3 Å². The number of carbonyl (C=O) groups excluding carboxylic acids is 2. The molecule has 9 nitrogen and oxygen atoms in total. The van der Waals surface area contributed by atoms with Crippen molar-refractivity contribution in [2.24, 2.45) is 5.73 Å². The number of rotatable bonds is 8. The first kappa shape index (κ1) is 24.1. The van der Waals surface area contributed by atoms with Crippen LogP contribution in [0.25, 0.3) is 11.4 Å². The quantitative estimate of drug-likeness (QED) is 0.493. The highest BCUT2D eigenvalue weighted by atomic mass is 35.5. The molecule has 3 rings (SSSR count). The van der Waals surface area contributed by atoms with E-state index in [-0.39, 0.29) is 18.7 Å². The van der Waals surface area contributed by atoms with Crippen LogP contribution in [0.2, 0.25) is 5.02 Å². The number of aromatic nitrogens is 2. The van der Waals surface area contributed by atoms with Crippen molar-refractivity contribution in [1.82, 2.24) is 15.5 Å². The standard InChI is InChI=1S/C23H25ClN4O5/c1-23(2,3)32-22(30)26-16(12-19(25)29)13-20-27-21(28-33-20)14-4-8-17(9-5-14)31-18-10-6-15(24)7-11-18/h4-11,16H,12-13H2,1-3H3,(H2,25,29)(H,26,30). The van der Waals surface area contributed by atoms with Crippen molar-refractivity contribution in [2.75, 3.05) is 0 Å². The van der Waals surface area contributed by atoms with Crippen LogP contribution in [0, 0.1) is 0 Å².